The maximum absolute atomic E-state index is 10.5. The number of nitrogens with one attached hydrogen (secondary N) is 1. The largest absolute Gasteiger partial charge is 0.506 e. The lowest BCUT2D eigenvalue weighted by Gasteiger charge is -2.10. The highest BCUT2D eigenvalue weighted by molar-refractivity contribution is 6.33. The van der Waals surface area contributed by atoms with E-state index in [0.29, 0.717) is 23.0 Å². The summed E-state index contributed by atoms with van der Waals surface area (Å²) in [5, 5.41) is 15.0. The summed E-state index contributed by atoms with van der Waals surface area (Å²) < 4.78 is 5.16. The summed E-state index contributed by atoms with van der Waals surface area (Å²) >= 11 is 6.28. The number of fused-ring (bicyclic) bond motifs is 1. The number of phenols is 1. The Morgan fingerprint density at radius 1 is 1.07 bits per heavy atom. The van der Waals surface area contributed by atoms with Gasteiger partial charge in [-0.3, -0.25) is 0 Å². The first-order valence-corrected chi connectivity index (χ1v) is 9.13. The summed E-state index contributed by atoms with van der Waals surface area (Å²) in [6.07, 6.45) is 1.69. The minimum atomic E-state index is 0.0855. The summed E-state index contributed by atoms with van der Waals surface area (Å²) in [5.41, 5.74) is 3.23. The maximum Gasteiger partial charge on any atom is 0.223 e. The second kappa shape index (κ2) is 7.74. The average molecular weight is 392 g/mol. The molecule has 140 valence electrons. The van der Waals surface area contributed by atoms with Crippen molar-refractivity contribution < 1.29 is 9.84 Å². The van der Waals surface area contributed by atoms with Crippen LogP contribution < -0.4 is 10.1 Å². The molecule has 0 aliphatic rings. The Morgan fingerprint density at radius 2 is 1.86 bits per heavy atom. The van der Waals surface area contributed by atoms with E-state index in [1.807, 2.05) is 54.6 Å². The van der Waals surface area contributed by atoms with Gasteiger partial charge in [-0.25, -0.2) is 9.97 Å². The van der Waals surface area contributed by atoms with E-state index in [9.17, 15) is 5.11 Å². The summed E-state index contributed by atoms with van der Waals surface area (Å²) in [6, 6.07) is 18.9. The van der Waals surface area contributed by atoms with Gasteiger partial charge in [0.05, 0.1) is 7.11 Å². The Labute approximate surface area is 167 Å². The van der Waals surface area contributed by atoms with Crippen LogP contribution in [0.1, 0.15) is 5.56 Å². The Balaban J connectivity index is 1.59. The number of phenolic OH excluding ortho intramolecular Hbond substituents is 1. The molecule has 28 heavy (non-hydrogen) atoms. The molecule has 0 fully saturated rings. The minimum Gasteiger partial charge on any atom is -0.506 e. The first-order chi connectivity index (χ1) is 13.6. The van der Waals surface area contributed by atoms with Crippen molar-refractivity contribution in [3.8, 4) is 22.6 Å². The van der Waals surface area contributed by atoms with Crippen molar-refractivity contribution in [3.05, 3.63) is 77.4 Å². The number of aromatic nitrogens is 2. The Morgan fingerprint density at radius 3 is 2.61 bits per heavy atom. The van der Waals surface area contributed by atoms with Gasteiger partial charge in [-0.05, 0) is 41.5 Å². The molecule has 0 aliphatic heterocycles. The molecule has 0 bridgehead atoms. The standard InChI is InChI=1S/C22H18ClN3O2/c1-28-17-8-6-14(7-9-17)12-24-22-25-13-16-10-15(11-20(27)21(16)26-22)18-4-2-3-5-19(18)23/h2-11,13,27H,12H2,1H3,(H,24,25,26). The van der Waals surface area contributed by atoms with Crippen LogP contribution in [0.5, 0.6) is 11.5 Å². The molecule has 0 radical (unpaired) electrons. The Bertz CT molecular complexity index is 1130. The van der Waals surface area contributed by atoms with Crippen LogP contribution in [0.4, 0.5) is 5.95 Å². The topological polar surface area (TPSA) is 67.3 Å². The zero-order valence-corrected chi connectivity index (χ0v) is 15.9. The normalized spacial score (nSPS) is 10.8. The molecule has 6 heteroatoms. The Kier molecular flexibility index (Phi) is 5.00. The molecule has 0 aliphatic carbocycles. The molecule has 4 rings (SSSR count). The highest BCUT2D eigenvalue weighted by atomic mass is 35.5. The van der Waals surface area contributed by atoms with Gasteiger partial charge in [0.15, 0.2) is 0 Å². The third kappa shape index (κ3) is 3.70. The van der Waals surface area contributed by atoms with Crippen LogP contribution in [0.2, 0.25) is 5.02 Å². The molecule has 1 heterocycles. The van der Waals surface area contributed by atoms with Crippen molar-refractivity contribution in [3.63, 3.8) is 0 Å². The van der Waals surface area contributed by atoms with Gasteiger partial charge >= 0.3 is 0 Å². The molecule has 0 unspecified atom stereocenters. The zero-order chi connectivity index (χ0) is 19.5. The molecule has 4 aromatic rings. The van der Waals surface area contributed by atoms with Crippen LogP contribution in [0.3, 0.4) is 0 Å². The van der Waals surface area contributed by atoms with E-state index < -0.39 is 0 Å². The smallest absolute Gasteiger partial charge is 0.223 e. The maximum atomic E-state index is 10.5. The number of rotatable bonds is 5. The lowest BCUT2D eigenvalue weighted by molar-refractivity contribution is 0.414. The van der Waals surface area contributed by atoms with Gasteiger partial charge in [0.2, 0.25) is 5.95 Å². The van der Waals surface area contributed by atoms with E-state index in [0.717, 1.165) is 27.8 Å². The number of hydrogen-bond donors (Lipinski definition) is 2. The minimum absolute atomic E-state index is 0.0855. The first kappa shape index (κ1) is 18.1. The van der Waals surface area contributed by atoms with Crippen molar-refractivity contribution in [2.75, 3.05) is 12.4 Å². The van der Waals surface area contributed by atoms with E-state index in [-0.39, 0.29) is 5.75 Å². The third-order valence-electron chi connectivity index (χ3n) is 4.46. The lowest BCUT2D eigenvalue weighted by atomic mass is 10.0. The number of benzene rings is 3. The van der Waals surface area contributed by atoms with E-state index in [1.54, 1.807) is 19.4 Å². The number of anilines is 1. The van der Waals surface area contributed by atoms with Gasteiger partial charge in [0, 0.05) is 28.7 Å². The van der Waals surface area contributed by atoms with Crippen LogP contribution in [0.25, 0.3) is 22.0 Å². The lowest BCUT2D eigenvalue weighted by Crippen LogP contribution is -2.03. The summed E-state index contributed by atoms with van der Waals surface area (Å²) in [5.74, 6) is 1.34. The fourth-order valence-electron chi connectivity index (χ4n) is 2.99. The van der Waals surface area contributed by atoms with E-state index in [1.165, 1.54) is 0 Å². The number of methoxy groups -OCH3 is 1. The Hall–Kier alpha value is -3.31. The van der Waals surface area contributed by atoms with Crippen LogP contribution in [0.15, 0.2) is 66.9 Å². The number of hydrogen-bond acceptors (Lipinski definition) is 5. The van der Waals surface area contributed by atoms with Crippen LogP contribution in [-0.4, -0.2) is 22.2 Å². The highest BCUT2D eigenvalue weighted by Gasteiger charge is 2.10. The molecule has 0 saturated carbocycles. The number of ether oxygens (including phenoxy) is 1. The highest BCUT2D eigenvalue weighted by Crippen LogP contribution is 2.34. The van der Waals surface area contributed by atoms with Crippen molar-refractivity contribution >= 4 is 28.5 Å². The van der Waals surface area contributed by atoms with E-state index >= 15 is 0 Å². The van der Waals surface area contributed by atoms with Crippen molar-refractivity contribution in [2.24, 2.45) is 0 Å². The van der Waals surface area contributed by atoms with Gasteiger partial charge < -0.3 is 15.2 Å². The number of halogens is 1. The van der Waals surface area contributed by atoms with E-state index in [2.05, 4.69) is 15.3 Å². The van der Waals surface area contributed by atoms with Gasteiger partial charge in [0.25, 0.3) is 0 Å². The average Bonchev–Trinajstić information content (AvgIpc) is 2.73. The molecule has 1 aromatic heterocycles. The van der Waals surface area contributed by atoms with Crippen molar-refractivity contribution in [2.45, 2.75) is 6.54 Å². The SMILES string of the molecule is COc1ccc(CNc2ncc3cc(-c4ccccc4Cl)cc(O)c3n2)cc1. The van der Waals surface area contributed by atoms with Gasteiger partial charge in [-0.1, -0.05) is 41.9 Å². The van der Waals surface area contributed by atoms with Gasteiger partial charge in [-0.2, -0.15) is 0 Å². The second-order valence-corrected chi connectivity index (χ2v) is 6.72. The fourth-order valence-corrected chi connectivity index (χ4v) is 3.23. The van der Waals surface area contributed by atoms with Crippen LogP contribution in [-0.2, 0) is 6.54 Å². The quantitative estimate of drug-likeness (QED) is 0.484. The van der Waals surface area contributed by atoms with Gasteiger partial charge in [-0.15, -0.1) is 0 Å². The molecular formula is C22H18ClN3O2. The van der Waals surface area contributed by atoms with Gasteiger partial charge in [0.1, 0.15) is 17.0 Å². The summed E-state index contributed by atoms with van der Waals surface area (Å²) in [4.78, 5) is 8.81. The third-order valence-corrected chi connectivity index (χ3v) is 4.79. The number of nitrogens with zero attached hydrogens (tertiary/aromatic N) is 2. The fraction of sp³-hybridized carbons (Fsp3) is 0.0909. The monoisotopic (exact) mass is 391 g/mol. The molecule has 5 nitrogen and oxygen atoms in total. The van der Waals surface area contributed by atoms with Crippen molar-refractivity contribution in [1.29, 1.82) is 0 Å². The molecular weight excluding hydrogens is 374 g/mol. The predicted octanol–water partition coefficient (Wildman–Crippen LogP) is 5.28. The predicted molar refractivity (Wildman–Crippen MR) is 112 cm³/mol. The molecule has 0 amide bonds. The summed E-state index contributed by atoms with van der Waals surface area (Å²) in [7, 11) is 1.64. The van der Waals surface area contributed by atoms with Crippen LogP contribution in [0, 0.1) is 0 Å². The second-order valence-electron chi connectivity index (χ2n) is 6.31. The molecule has 0 saturated heterocycles. The van der Waals surface area contributed by atoms with Crippen molar-refractivity contribution in [1.82, 2.24) is 9.97 Å². The molecule has 0 atom stereocenters. The number of aromatic hydroxyl groups is 1. The molecule has 3 aromatic carbocycles. The van der Waals surface area contributed by atoms with E-state index in [4.69, 9.17) is 16.3 Å². The zero-order valence-electron chi connectivity index (χ0n) is 15.2. The van der Waals surface area contributed by atoms with Crippen LogP contribution >= 0.6 is 11.6 Å². The first-order valence-electron chi connectivity index (χ1n) is 8.75. The molecule has 2 N–H and O–H groups in total. The summed E-state index contributed by atoms with van der Waals surface area (Å²) in [6.45, 7) is 0.563. The molecule has 0 spiro atoms.